The lowest BCUT2D eigenvalue weighted by Crippen LogP contribution is -2.27. The molecule has 0 fully saturated rings. The number of benzene rings is 2. The summed E-state index contributed by atoms with van der Waals surface area (Å²) < 4.78 is 10.0. The number of carbonyl (C=O) groups excluding carboxylic acids is 2. The van der Waals surface area contributed by atoms with Crippen molar-refractivity contribution < 1.29 is 48.6 Å². The van der Waals surface area contributed by atoms with Crippen molar-refractivity contribution in [2.75, 3.05) is 13.1 Å². The predicted molar refractivity (Wildman–Crippen MR) is 157 cm³/mol. The third-order valence-corrected chi connectivity index (χ3v) is 6.47. The molecule has 0 aliphatic carbocycles. The summed E-state index contributed by atoms with van der Waals surface area (Å²) in [6, 6.07) is 2.08. The number of unbranched alkanes of at least 4 members (excludes halogenated alkanes) is 3. The maximum Gasteiger partial charge on any atom is 0.407 e. The van der Waals surface area contributed by atoms with Crippen molar-refractivity contribution in [3.8, 4) is 0 Å². The number of hydrogen-bond acceptors (Lipinski definition) is 16. The zero-order chi connectivity index (χ0) is 36.3. The van der Waals surface area contributed by atoms with Crippen LogP contribution in [0.5, 0.6) is 0 Å². The highest BCUT2D eigenvalue weighted by atomic mass is 16.7. The van der Waals surface area contributed by atoms with Gasteiger partial charge in [-0.1, -0.05) is 12.8 Å². The smallest absolute Gasteiger partial charge is 0.407 e. The largest absolute Gasteiger partial charge is 0.441 e. The molecule has 2 aromatic rings. The normalized spacial score (nSPS) is 11.8. The fraction of sp³-hybridized carbons (Fsp3) is 0.417. The Kier molecular flexibility index (Phi) is 13.0. The molecule has 24 nitrogen and oxygen atoms in total. The summed E-state index contributed by atoms with van der Waals surface area (Å²) >= 11 is 0. The third kappa shape index (κ3) is 9.94. The minimum Gasteiger partial charge on any atom is -0.441 e. The van der Waals surface area contributed by atoms with Crippen molar-refractivity contribution in [3.05, 3.63) is 96.1 Å². The summed E-state index contributed by atoms with van der Waals surface area (Å²) in [5.41, 5.74) is -6.97. The number of hydrogen-bond donors (Lipinski definition) is 2. The van der Waals surface area contributed by atoms with Gasteiger partial charge in [-0.15, -0.1) is 0 Å². The summed E-state index contributed by atoms with van der Waals surface area (Å²) in [6.07, 6.45) is -3.43. The fourth-order valence-corrected chi connectivity index (χ4v) is 4.37. The molecule has 2 amide bonds. The molecule has 0 aliphatic heterocycles. The highest BCUT2D eigenvalue weighted by Crippen LogP contribution is 2.40. The first kappa shape index (κ1) is 37.6. The van der Waals surface area contributed by atoms with E-state index in [0.717, 1.165) is 13.8 Å². The molecule has 258 valence electrons. The molecule has 48 heavy (non-hydrogen) atoms. The van der Waals surface area contributed by atoms with Crippen LogP contribution in [0.1, 0.15) is 62.9 Å². The number of ether oxygens (including phenoxy) is 2. The predicted octanol–water partition coefficient (Wildman–Crippen LogP) is 4.97. The van der Waals surface area contributed by atoms with Crippen LogP contribution in [0.15, 0.2) is 24.3 Å². The van der Waals surface area contributed by atoms with E-state index in [-0.39, 0.29) is 13.1 Å². The number of nitrogens with zero attached hydrogens (tertiary/aromatic N) is 6. The summed E-state index contributed by atoms with van der Waals surface area (Å²) in [7, 11) is 0. The van der Waals surface area contributed by atoms with Gasteiger partial charge in [-0.3, -0.25) is 60.7 Å². The van der Waals surface area contributed by atoms with Gasteiger partial charge in [-0.05, 0) is 26.7 Å². The summed E-state index contributed by atoms with van der Waals surface area (Å²) in [5, 5.41) is 72.5. The third-order valence-electron chi connectivity index (χ3n) is 6.47. The Morgan fingerprint density at radius 1 is 0.542 bits per heavy atom. The Balaban J connectivity index is 1.83. The van der Waals surface area contributed by atoms with Gasteiger partial charge >= 0.3 is 12.2 Å². The average Bonchev–Trinajstić information content (AvgIpc) is 3.00. The highest BCUT2D eigenvalue weighted by molar-refractivity contribution is 5.70. The quantitative estimate of drug-likeness (QED) is 0.126. The molecular weight excluding hydrogens is 656 g/mol. The second kappa shape index (κ2) is 16.6. The molecule has 0 radical (unpaired) electrons. The number of non-ortho nitro benzene ring substituents is 2. The Labute approximate surface area is 266 Å². The van der Waals surface area contributed by atoms with Crippen molar-refractivity contribution in [1.82, 2.24) is 10.6 Å². The molecule has 0 bridgehead atoms. The molecule has 0 aromatic heterocycles. The Hall–Kier alpha value is -6.62. The van der Waals surface area contributed by atoms with Crippen molar-refractivity contribution >= 4 is 46.3 Å². The highest BCUT2D eigenvalue weighted by Gasteiger charge is 2.36. The van der Waals surface area contributed by atoms with Crippen LogP contribution < -0.4 is 10.6 Å². The lowest BCUT2D eigenvalue weighted by atomic mass is 10.0. The van der Waals surface area contributed by atoms with Gasteiger partial charge in [0.25, 0.3) is 34.1 Å². The summed E-state index contributed by atoms with van der Waals surface area (Å²) in [4.78, 5) is 85.8. The van der Waals surface area contributed by atoms with Crippen molar-refractivity contribution in [1.29, 1.82) is 0 Å². The van der Waals surface area contributed by atoms with E-state index in [1.165, 1.54) is 0 Å². The van der Waals surface area contributed by atoms with Gasteiger partial charge in [0.05, 0.1) is 53.8 Å². The van der Waals surface area contributed by atoms with E-state index in [1.807, 2.05) is 0 Å². The van der Waals surface area contributed by atoms with Crippen LogP contribution in [-0.4, -0.2) is 54.8 Å². The maximum atomic E-state index is 12.2. The SMILES string of the molecule is CC(OC(=O)NCCCCCCNC(=O)OC(C)c1c([N+](=O)[O-])cc([N+](=O)[O-])cc1[N+](=O)[O-])c1c([N+](=O)[O-])cc([N+](=O)[O-])cc1[N+](=O)[O-]. The number of amides is 2. The molecule has 2 atom stereocenters. The van der Waals surface area contributed by atoms with E-state index in [0.29, 0.717) is 49.9 Å². The van der Waals surface area contributed by atoms with Gasteiger partial charge in [-0.2, -0.15) is 0 Å². The lowest BCUT2D eigenvalue weighted by molar-refractivity contribution is -0.405. The fourth-order valence-electron chi connectivity index (χ4n) is 4.37. The Morgan fingerprint density at radius 2 is 0.812 bits per heavy atom. The molecule has 0 aliphatic rings. The summed E-state index contributed by atoms with van der Waals surface area (Å²) in [6.45, 7) is 2.34. The molecule has 2 rings (SSSR count). The monoisotopic (exact) mass is 682 g/mol. The summed E-state index contributed by atoms with van der Waals surface area (Å²) in [5.74, 6) is 0. The van der Waals surface area contributed by atoms with Gasteiger partial charge in [0.2, 0.25) is 0 Å². The minimum absolute atomic E-state index is 0.0514. The number of alkyl carbamates (subject to hydrolysis) is 2. The molecule has 24 heteroatoms. The number of rotatable bonds is 17. The van der Waals surface area contributed by atoms with Crippen LogP contribution >= 0.6 is 0 Å². The Morgan fingerprint density at radius 3 is 1.04 bits per heavy atom. The molecule has 2 aromatic carbocycles. The first-order valence-corrected chi connectivity index (χ1v) is 13.6. The first-order chi connectivity index (χ1) is 22.5. The van der Waals surface area contributed by atoms with Gasteiger partial charge in [-0.25, -0.2) is 9.59 Å². The van der Waals surface area contributed by atoms with E-state index >= 15 is 0 Å². The first-order valence-electron chi connectivity index (χ1n) is 13.6. The van der Waals surface area contributed by atoms with Crippen molar-refractivity contribution in [3.63, 3.8) is 0 Å². The van der Waals surface area contributed by atoms with Gasteiger partial charge in [0, 0.05) is 13.1 Å². The molecule has 0 spiro atoms. The van der Waals surface area contributed by atoms with E-state index in [4.69, 9.17) is 9.47 Å². The topological polar surface area (TPSA) is 336 Å². The van der Waals surface area contributed by atoms with E-state index in [2.05, 4.69) is 10.6 Å². The van der Waals surface area contributed by atoms with Crippen LogP contribution in [-0.2, 0) is 9.47 Å². The Bertz CT molecular complexity index is 1460. The molecule has 2 N–H and O–H groups in total. The second-order valence-electron chi connectivity index (χ2n) is 9.70. The van der Waals surface area contributed by atoms with Gasteiger partial charge in [0.1, 0.15) is 23.3 Å². The van der Waals surface area contributed by atoms with Crippen LogP contribution in [0.4, 0.5) is 43.7 Å². The second-order valence-corrected chi connectivity index (χ2v) is 9.70. The van der Waals surface area contributed by atoms with E-state index in [1.54, 1.807) is 0 Å². The molecule has 2 unspecified atom stereocenters. The number of nitro groups is 6. The van der Waals surface area contributed by atoms with E-state index < -0.39 is 99.2 Å². The zero-order valence-electron chi connectivity index (χ0n) is 24.9. The standard InChI is InChI=1S/C24H26N8O16/c1-13(21-17(29(39)40)9-15(27(35)36)10-18(21)30(41)42)47-23(33)25-7-5-3-4-6-8-26-24(34)48-14(2)22-19(31(43)44)11-16(28(37)38)12-20(22)32(45)46/h9-14H,3-8H2,1-2H3,(H,25,33)(H,26,34). The average molecular weight is 683 g/mol. The van der Waals surface area contributed by atoms with Crippen LogP contribution in [0.25, 0.3) is 0 Å². The van der Waals surface area contributed by atoms with Gasteiger partial charge in [0.15, 0.2) is 0 Å². The number of nitrogens with one attached hydrogen (secondary N) is 2. The van der Waals surface area contributed by atoms with Crippen molar-refractivity contribution in [2.45, 2.75) is 51.7 Å². The molecular formula is C24H26N8O16. The van der Waals surface area contributed by atoms with Crippen LogP contribution in [0, 0.1) is 60.7 Å². The minimum atomic E-state index is -1.53. The maximum absolute atomic E-state index is 12.2. The zero-order valence-corrected chi connectivity index (χ0v) is 24.9. The molecule has 0 saturated carbocycles. The molecule has 0 saturated heterocycles. The lowest BCUT2D eigenvalue weighted by Gasteiger charge is -2.15. The number of nitro benzene ring substituents is 6. The van der Waals surface area contributed by atoms with Crippen LogP contribution in [0.3, 0.4) is 0 Å². The number of carbonyl (C=O) groups is 2. The van der Waals surface area contributed by atoms with Crippen LogP contribution in [0.2, 0.25) is 0 Å². The molecule has 0 heterocycles. The van der Waals surface area contributed by atoms with E-state index in [9.17, 15) is 70.3 Å². The van der Waals surface area contributed by atoms with Crippen molar-refractivity contribution in [2.24, 2.45) is 0 Å². The van der Waals surface area contributed by atoms with Gasteiger partial charge < -0.3 is 20.1 Å².